The van der Waals surface area contributed by atoms with Gasteiger partial charge in [0.05, 0.1) is 6.04 Å². The summed E-state index contributed by atoms with van der Waals surface area (Å²) in [6, 6.07) is -0.750. The van der Waals surface area contributed by atoms with Crippen molar-refractivity contribution in [2.75, 3.05) is 19.6 Å². The van der Waals surface area contributed by atoms with Gasteiger partial charge >= 0.3 is 6.03 Å². The predicted molar refractivity (Wildman–Crippen MR) is 56.2 cm³/mol. The molecule has 0 aliphatic carbocycles. The first-order chi connectivity index (χ1) is 7.00. The number of rotatable bonds is 2. The lowest BCUT2D eigenvalue weighted by Crippen LogP contribution is -2.56. The molecule has 3 amide bonds. The number of imide groups is 1. The Morgan fingerprint density at radius 1 is 1.60 bits per heavy atom. The van der Waals surface area contributed by atoms with Gasteiger partial charge in [-0.05, 0) is 13.8 Å². The summed E-state index contributed by atoms with van der Waals surface area (Å²) >= 11 is 0. The molecule has 1 aliphatic rings. The van der Waals surface area contributed by atoms with Gasteiger partial charge in [0, 0.05) is 25.7 Å². The number of carbonyl (C=O) groups excluding carboxylic acids is 2. The van der Waals surface area contributed by atoms with Gasteiger partial charge in [0.25, 0.3) is 0 Å². The van der Waals surface area contributed by atoms with E-state index in [4.69, 9.17) is 5.73 Å². The zero-order chi connectivity index (χ0) is 11.4. The van der Waals surface area contributed by atoms with Gasteiger partial charge in [0.15, 0.2) is 0 Å². The summed E-state index contributed by atoms with van der Waals surface area (Å²) in [6.45, 7) is 6.29. The largest absolute Gasteiger partial charge is 0.351 e. The first kappa shape index (κ1) is 11.9. The molecule has 4 N–H and O–H groups in total. The molecule has 1 heterocycles. The number of urea groups is 1. The van der Waals surface area contributed by atoms with E-state index in [1.54, 1.807) is 6.92 Å². The fourth-order valence-corrected chi connectivity index (χ4v) is 1.71. The van der Waals surface area contributed by atoms with Crippen LogP contribution in [-0.2, 0) is 4.79 Å². The number of carbonyl (C=O) groups is 2. The third-order valence-electron chi connectivity index (χ3n) is 2.57. The van der Waals surface area contributed by atoms with Gasteiger partial charge in [-0.1, -0.05) is 0 Å². The molecule has 2 atom stereocenters. The maximum atomic E-state index is 11.5. The maximum absolute atomic E-state index is 11.5. The Bertz CT molecular complexity index is 256. The number of nitrogens with zero attached hydrogens (tertiary/aromatic N) is 1. The van der Waals surface area contributed by atoms with Crippen molar-refractivity contribution >= 4 is 11.9 Å². The van der Waals surface area contributed by atoms with Crippen LogP contribution in [0.5, 0.6) is 0 Å². The van der Waals surface area contributed by atoms with E-state index in [2.05, 4.69) is 17.6 Å². The van der Waals surface area contributed by atoms with Crippen LogP contribution < -0.4 is 16.4 Å². The SMILES string of the molecule is CC1CN(C(C)C(=O)NC(N)=O)CCN1. The molecular formula is C9H18N4O2. The standard InChI is InChI=1S/C9H18N4O2/c1-6-5-13(4-3-11-6)7(2)8(14)12-9(10)15/h6-7,11H,3-5H2,1-2H3,(H3,10,12,14,15). The van der Waals surface area contributed by atoms with Crippen LogP contribution in [0, 0.1) is 0 Å². The van der Waals surface area contributed by atoms with Gasteiger partial charge in [0.2, 0.25) is 5.91 Å². The van der Waals surface area contributed by atoms with Crippen molar-refractivity contribution in [1.29, 1.82) is 0 Å². The first-order valence-electron chi connectivity index (χ1n) is 5.08. The summed E-state index contributed by atoms with van der Waals surface area (Å²) in [7, 11) is 0. The minimum atomic E-state index is -0.796. The summed E-state index contributed by atoms with van der Waals surface area (Å²) in [5.74, 6) is -0.336. The smallest absolute Gasteiger partial charge is 0.318 e. The van der Waals surface area contributed by atoms with Crippen LogP contribution in [0.25, 0.3) is 0 Å². The van der Waals surface area contributed by atoms with Crippen LogP contribution in [0.2, 0.25) is 0 Å². The Labute approximate surface area is 89.2 Å². The van der Waals surface area contributed by atoms with Crippen LogP contribution in [0.1, 0.15) is 13.8 Å². The molecule has 0 saturated carbocycles. The van der Waals surface area contributed by atoms with Crippen molar-refractivity contribution in [2.24, 2.45) is 5.73 Å². The van der Waals surface area contributed by atoms with Crippen molar-refractivity contribution in [1.82, 2.24) is 15.5 Å². The van der Waals surface area contributed by atoms with E-state index in [9.17, 15) is 9.59 Å². The van der Waals surface area contributed by atoms with Crippen LogP contribution in [-0.4, -0.2) is 48.6 Å². The molecular weight excluding hydrogens is 196 g/mol. The Kier molecular flexibility index (Phi) is 4.05. The van der Waals surface area contributed by atoms with Gasteiger partial charge in [-0.15, -0.1) is 0 Å². The third kappa shape index (κ3) is 3.49. The zero-order valence-electron chi connectivity index (χ0n) is 9.12. The van der Waals surface area contributed by atoms with Crippen molar-refractivity contribution < 1.29 is 9.59 Å². The lowest BCUT2D eigenvalue weighted by molar-refractivity contribution is -0.125. The van der Waals surface area contributed by atoms with Crippen molar-refractivity contribution in [3.63, 3.8) is 0 Å². The molecule has 1 fully saturated rings. The van der Waals surface area contributed by atoms with E-state index in [-0.39, 0.29) is 11.9 Å². The van der Waals surface area contributed by atoms with E-state index >= 15 is 0 Å². The van der Waals surface area contributed by atoms with E-state index in [1.165, 1.54) is 0 Å². The Balaban J connectivity index is 2.47. The van der Waals surface area contributed by atoms with E-state index in [0.29, 0.717) is 6.04 Å². The third-order valence-corrected chi connectivity index (χ3v) is 2.57. The first-order valence-corrected chi connectivity index (χ1v) is 5.08. The minimum Gasteiger partial charge on any atom is -0.351 e. The van der Waals surface area contributed by atoms with E-state index in [0.717, 1.165) is 19.6 Å². The summed E-state index contributed by atoms with van der Waals surface area (Å²) < 4.78 is 0. The second-order valence-electron chi connectivity index (χ2n) is 3.88. The maximum Gasteiger partial charge on any atom is 0.318 e. The average Bonchev–Trinajstić information content (AvgIpc) is 2.15. The second kappa shape index (κ2) is 5.09. The molecule has 0 aromatic heterocycles. The quantitative estimate of drug-likeness (QED) is 0.542. The summed E-state index contributed by atoms with van der Waals surface area (Å²) in [4.78, 5) is 24.0. The number of nitrogens with one attached hydrogen (secondary N) is 2. The summed E-state index contributed by atoms with van der Waals surface area (Å²) in [5, 5.41) is 5.37. The number of hydrogen-bond acceptors (Lipinski definition) is 4. The highest BCUT2D eigenvalue weighted by molar-refractivity contribution is 5.96. The molecule has 0 aromatic rings. The van der Waals surface area contributed by atoms with Gasteiger partial charge in [0.1, 0.15) is 0 Å². The van der Waals surface area contributed by atoms with Gasteiger partial charge in [-0.2, -0.15) is 0 Å². The Morgan fingerprint density at radius 3 is 2.80 bits per heavy atom. The van der Waals surface area contributed by atoms with Crippen molar-refractivity contribution in [3.8, 4) is 0 Å². The monoisotopic (exact) mass is 214 g/mol. The molecule has 0 bridgehead atoms. The lowest BCUT2D eigenvalue weighted by Gasteiger charge is -2.35. The highest BCUT2D eigenvalue weighted by atomic mass is 16.2. The van der Waals surface area contributed by atoms with E-state index in [1.807, 2.05) is 4.90 Å². The van der Waals surface area contributed by atoms with Crippen molar-refractivity contribution in [3.05, 3.63) is 0 Å². The van der Waals surface area contributed by atoms with E-state index < -0.39 is 6.03 Å². The van der Waals surface area contributed by atoms with Crippen LogP contribution in [0.15, 0.2) is 0 Å². The zero-order valence-corrected chi connectivity index (χ0v) is 9.12. The number of nitrogens with two attached hydrogens (primary N) is 1. The lowest BCUT2D eigenvalue weighted by atomic mass is 10.1. The van der Waals surface area contributed by atoms with Crippen LogP contribution in [0.4, 0.5) is 4.79 Å². The molecule has 0 radical (unpaired) electrons. The molecule has 6 heteroatoms. The molecule has 15 heavy (non-hydrogen) atoms. The fourth-order valence-electron chi connectivity index (χ4n) is 1.71. The van der Waals surface area contributed by atoms with Gasteiger partial charge < -0.3 is 11.1 Å². The normalized spacial score (nSPS) is 24.5. The molecule has 6 nitrogen and oxygen atoms in total. The molecule has 0 aromatic carbocycles. The molecule has 1 rings (SSSR count). The highest BCUT2D eigenvalue weighted by Crippen LogP contribution is 2.04. The van der Waals surface area contributed by atoms with Gasteiger partial charge in [-0.3, -0.25) is 15.0 Å². The minimum absolute atomic E-state index is 0.318. The van der Waals surface area contributed by atoms with Crippen molar-refractivity contribution in [2.45, 2.75) is 25.9 Å². The second-order valence-corrected chi connectivity index (χ2v) is 3.88. The molecule has 1 saturated heterocycles. The molecule has 86 valence electrons. The molecule has 0 spiro atoms. The Hall–Kier alpha value is -1.14. The molecule has 1 aliphatic heterocycles. The molecule has 2 unspecified atom stereocenters. The topological polar surface area (TPSA) is 87.5 Å². The number of piperazine rings is 1. The summed E-state index contributed by atoms with van der Waals surface area (Å²) in [6.07, 6.45) is 0. The number of amides is 3. The Morgan fingerprint density at radius 2 is 2.27 bits per heavy atom. The number of primary amides is 1. The number of hydrogen-bond donors (Lipinski definition) is 3. The van der Waals surface area contributed by atoms with Crippen LogP contribution >= 0.6 is 0 Å². The fraction of sp³-hybridized carbons (Fsp3) is 0.778. The summed E-state index contributed by atoms with van der Waals surface area (Å²) in [5.41, 5.74) is 4.89. The van der Waals surface area contributed by atoms with Gasteiger partial charge in [-0.25, -0.2) is 4.79 Å². The average molecular weight is 214 g/mol. The highest BCUT2D eigenvalue weighted by Gasteiger charge is 2.25. The van der Waals surface area contributed by atoms with Crippen LogP contribution in [0.3, 0.4) is 0 Å². The predicted octanol–water partition coefficient (Wildman–Crippen LogP) is -1.14.